The molecule has 1 aliphatic rings. The van der Waals surface area contributed by atoms with E-state index in [9.17, 15) is 23.1 Å². The molecule has 204 valence electrons. The quantitative estimate of drug-likeness (QED) is 0.266. The zero-order chi connectivity index (χ0) is 27.6. The number of alkyl halides is 3. The number of aryl methyl sites for hydroxylation is 1. The van der Waals surface area contributed by atoms with Gasteiger partial charge in [0, 0.05) is 31.5 Å². The van der Waals surface area contributed by atoms with Crippen LogP contribution in [0.4, 0.5) is 24.7 Å². The van der Waals surface area contributed by atoms with Gasteiger partial charge in [-0.2, -0.15) is 13.2 Å². The van der Waals surface area contributed by atoms with E-state index in [1.54, 1.807) is 19.1 Å². The maximum atomic E-state index is 13.0. The largest absolute Gasteiger partial charge is 0.457 e. The summed E-state index contributed by atoms with van der Waals surface area (Å²) < 4.78 is 46.8. The van der Waals surface area contributed by atoms with Gasteiger partial charge in [-0.15, -0.1) is 0 Å². The molecule has 2 aromatic carbocycles. The molecule has 0 spiro atoms. The van der Waals surface area contributed by atoms with E-state index in [4.69, 9.17) is 4.74 Å². The molecule has 1 amide bonds. The summed E-state index contributed by atoms with van der Waals surface area (Å²) in [6, 6.07) is 11.4. The van der Waals surface area contributed by atoms with Gasteiger partial charge >= 0.3 is 6.18 Å². The Bertz CT molecular complexity index is 1490. The van der Waals surface area contributed by atoms with Crippen molar-refractivity contribution in [3.05, 3.63) is 72.2 Å². The van der Waals surface area contributed by atoms with Crippen molar-refractivity contribution in [2.75, 3.05) is 18.4 Å². The number of benzene rings is 2. The molecule has 1 saturated heterocycles. The zero-order valence-electron chi connectivity index (χ0n) is 21.0. The van der Waals surface area contributed by atoms with Gasteiger partial charge in [-0.3, -0.25) is 4.79 Å². The summed E-state index contributed by atoms with van der Waals surface area (Å²) in [6.45, 7) is 3.07. The van der Waals surface area contributed by atoms with Crippen molar-refractivity contribution in [3.63, 3.8) is 0 Å². The molecule has 4 aromatic rings. The van der Waals surface area contributed by atoms with E-state index < -0.39 is 23.9 Å². The number of rotatable bonds is 8. The maximum Gasteiger partial charge on any atom is 0.416 e. The minimum absolute atomic E-state index is 0.0935. The molecular weight excluding hydrogens is 513 g/mol. The lowest BCUT2D eigenvalue weighted by Gasteiger charge is -2.15. The number of aliphatic hydroxyl groups is 1. The Balaban J connectivity index is 1.28. The van der Waals surface area contributed by atoms with E-state index in [-0.39, 0.29) is 11.7 Å². The van der Waals surface area contributed by atoms with Crippen molar-refractivity contribution >= 4 is 28.4 Å². The molecule has 1 aliphatic heterocycles. The highest BCUT2D eigenvalue weighted by Gasteiger charge is 2.31. The van der Waals surface area contributed by atoms with Crippen molar-refractivity contribution < 1.29 is 27.8 Å². The number of hydrogen-bond acceptors (Lipinski definition) is 7. The summed E-state index contributed by atoms with van der Waals surface area (Å²) in [5.74, 6) is 0.926. The van der Waals surface area contributed by atoms with Crippen LogP contribution in [0.2, 0.25) is 0 Å². The van der Waals surface area contributed by atoms with E-state index >= 15 is 0 Å². The first-order valence-electron chi connectivity index (χ1n) is 12.4. The number of amides is 1. The number of hydrogen-bond donors (Lipinski definition) is 4. The molecule has 4 N–H and O–H groups in total. The Hall–Kier alpha value is -4.16. The lowest BCUT2D eigenvalue weighted by atomic mass is 10.2. The standard InChI is InChI=1S/C27H27F3N6O3/c1-16-11-18(5-6-23(16)39-20-4-2-3-17(12-20)27(28,29)30)35-25-24-21(33-15-34-25)7-9-36(24)10-8-31-26(38)22-13-19(37)14-32-22/h2-7,9,11-12,15,19,22,32,37H,8,10,13-14H2,1H3,(H,31,38)(H,33,34,35)/t19-,22+/m1/s1. The predicted octanol–water partition coefficient (Wildman–Crippen LogP) is 4.13. The molecule has 0 radical (unpaired) electrons. The molecule has 2 atom stereocenters. The van der Waals surface area contributed by atoms with Crippen LogP contribution in [0.3, 0.4) is 0 Å². The molecule has 12 heteroatoms. The molecule has 3 heterocycles. The van der Waals surface area contributed by atoms with Crippen LogP contribution in [0.1, 0.15) is 17.5 Å². The molecule has 0 aliphatic carbocycles. The molecule has 9 nitrogen and oxygen atoms in total. The first-order chi connectivity index (χ1) is 18.7. The molecular formula is C27H27F3N6O3. The molecule has 0 saturated carbocycles. The Kier molecular flexibility index (Phi) is 7.40. The van der Waals surface area contributed by atoms with Gasteiger partial charge in [0.2, 0.25) is 5.91 Å². The molecule has 2 aromatic heterocycles. The average Bonchev–Trinajstić information content (AvgIpc) is 3.52. The van der Waals surface area contributed by atoms with E-state index in [0.717, 1.165) is 23.2 Å². The number of carbonyl (C=O) groups is 1. The number of carbonyl (C=O) groups excluding carboxylic acids is 1. The summed E-state index contributed by atoms with van der Waals surface area (Å²) in [6.07, 6.45) is -1.25. The van der Waals surface area contributed by atoms with Gasteiger partial charge in [0.25, 0.3) is 0 Å². The number of fused-ring (bicyclic) bond motifs is 1. The van der Waals surface area contributed by atoms with Crippen LogP contribution >= 0.6 is 0 Å². The summed E-state index contributed by atoms with van der Waals surface area (Å²) in [5, 5.41) is 18.8. The third-order valence-corrected chi connectivity index (χ3v) is 6.45. The van der Waals surface area contributed by atoms with E-state index in [1.165, 1.54) is 18.5 Å². The number of ether oxygens (including phenoxy) is 1. The van der Waals surface area contributed by atoms with Crippen LogP contribution in [0.15, 0.2) is 61.1 Å². The van der Waals surface area contributed by atoms with Gasteiger partial charge in [0.1, 0.15) is 23.3 Å². The second kappa shape index (κ2) is 10.9. The topological polar surface area (TPSA) is 113 Å². The summed E-state index contributed by atoms with van der Waals surface area (Å²) in [4.78, 5) is 21.1. The van der Waals surface area contributed by atoms with Gasteiger partial charge in [0.15, 0.2) is 5.82 Å². The Labute approximate surface area is 222 Å². The number of halogens is 3. The first-order valence-corrected chi connectivity index (χ1v) is 12.4. The summed E-state index contributed by atoms with van der Waals surface area (Å²) in [7, 11) is 0. The average molecular weight is 541 g/mol. The monoisotopic (exact) mass is 540 g/mol. The van der Waals surface area contributed by atoms with E-state index in [0.29, 0.717) is 48.9 Å². The lowest BCUT2D eigenvalue weighted by Crippen LogP contribution is -2.41. The Morgan fingerprint density at radius 1 is 1.21 bits per heavy atom. The molecule has 0 unspecified atom stereocenters. The molecule has 39 heavy (non-hydrogen) atoms. The van der Waals surface area contributed by atoms with Crippen molar-refractivity contribution in [1.29, 1.82) is 0 Å². The molecule has 5 rings (SSSR count). The number of nitrogens with one attached hydrogen (secondary N) is 3. The van der Waals surface area contributed by atoms with Crippen molar-refractivity contribution in [3.8, 4) is 11.5 Å². The van der Waals surface area contributed by atoms with Crippen LogP contribution < -0.4 is 20.7 Å². The second-order valence-electron chi connectivity index (χ2n) is 9.34. The van der Waals surface area contributed by atoms with Crippen LogP contribution in [0, 0.1) is 6.92 Å². The number of nitrogens with zero attached hydrogens (tertiary/aromatic N) is 3. The van der Waals surface area contributed by atoms with Gasteiger partial charge in [-0.25, -0.2) is 9.97 Å². The third kappa shape index (κ3) is 6.13. The van der Waals surface area contributed by atoms with Crippen LogP contribution in [0.5, 0.6) is 11.5 Å². The van der Waals surface area contributed by atoms with Gasteiger partial charge in [0.05, 0.1) is 23.2 Å². The highest BCUT2D eigenvalue weighted by atomic mass is 19.4. The van der Waals surface area contributed by atoms with Gasteiger partial charge in [-0.05, 0) is 61.4 Å². The highest BCUT2D eigenvalue weighted by molar-refractivity contribution is 5.88. The van der Waals surface area contributed by atoms with Crippen molar-refractivity contribution in [1.82, 2.24) is 25.2 Å². The highest BCUT2D eigenvalue weighted by Crippen LogP contribution is 2.34. The molecule has 1 fully saturated rings. The van der Waals surface area contributed by atoms with Crippen LogP contribution in [0.25, 0.3) is 11.0 Å². The summed E-state index contributed by atoms with van der Waals surface area (Å²) in [5.41, 5.74) is 2.12. The van der Waals surface area contributed by atoms with Gasteiger partial charge in [-0.1, -0.05) is 6.07 Å². The minimum atomic E-state index is -4.45. The second-order valence-corrected chi connectivity index (χ2v) is 9.34. The van der Waals surface area contributed by atoms with Crippen LogP contribution in [-0.4, -0.2) is 50.8 Å². The van der Waals surface area contributed by atoms with Crippen molar-refractivity contribution in [2.24, 2.45) is 0 Å². The zero-order valence-corrected chi connectivity index (χ0v) is 21.0. The predicted molar refractivity (Wildman–Crippen MR) is 139 cm³/mol. The summed E-state index contributed by atoms with van der Waals surface area (Å²) >= 11 is 0. The Morgan fingerprint density at radius 2 is 2.05 bits per heavy atom. The van der Waals surface area contributed by atoms with Gasteiger partial charge < -0.3 is 30.4 Å². The third-order valence-electron chi connectivity index (χ3n) is 6.45. The fourth-order valence-corrected chi connectivity index (χ4v) is 4.49. The van der Waals surface area contributed by atoms with Crippen LogP contribution in [-0.2, 0) is 17.5 Å². The van der Waals surface area contributed by atoms with E-state index in [2.05, 4.69) is 25.9 Å². The SMILES string of the molecule is Cc1cc(Nc2ncnc3ccn(CCNC(=O)[C@@H]4C[C@@H](O)CN4)c23)ccc1Oc1cccc(C(F)(F)F)c1. The number of β-amino-alcohol motifs (C(OH)–C–C–N with tert-alkyl or cyclic N) is 1. The van der Waals surface area contributed by atoms with E-state index in [1.807, 2.05) is 22.9 Å². The lowest BCUT2D eigenvalue weighted by molar-refractivity contribution is -0.137. The Morgan fingerprint density at radius 3 is 2.79 bits per heavy atom. The number of anilines is 2. The molecule has 0 bridgehead atoms. The maximum absolute atomic E-state index is 13.0. The smallest absolute Gasteiger partial charge is 0.416 e. The van der Waals surface area contributed by atoms with Crippen molar-refractivity contribution in [2.45, 2.75) is 38.2 Å². The minimum Gasteiger partial charge on any atom is -0.457 e. The fourth-order valence-electron chi connectivity index (χ4n) is 4.49. The normalized spacial score (nSPS) is 17.4. The number of aromatic nitrogens is 3. The first kappa shape index (κ1) is 26.4. The number of aliphatic hydroxyl groups excluding tert-OH is 1. The fraction of sp³-hybridized carbons (Fsp3) is 0.296.